The molecule has 0 aromatic carbocycles. The van der Waals surface area contributed by atoms with E-state index in [1.54, 1.807) is 0 Å². The van der Waals surface area contributed by atoms with Gasteiger partial charge in [0.05, 0.1) is 0 Å². The number of hydrogen-bond donors (Lipinski definition) is 3. The number of rotatable bonds is 2. The molecule has 1 radical (unpaired) electrons. The van der Waals surface area contributed by atoms with Gasteiger partial charge in [0.1, 0.15) is 0 Å². The van der Waals surface area contributed by atoms with Crippen LogP contribution in [0.3, 0.4) is 0 Å². The summed E-state index contributed by atoms with van der Waals surface area (Å²) in [5.74, 6) is -1.72. The van der Waals surface area contributed by atoms with Crippen LogP contribution in [0, 0.1) is 16.9 Å². The third-order valence-electron chi connectivity index (χ3n) is 0.704. The maximum absolute atomic E-state index is 10.1. The van der Waals surface area contributed by atoms with Gasteiger partial charge in [-0.3, -0.25) is 9.96 Å². The first-order valence-electron chi connectivity index (χ1n) is 2.33. The smallest absolute Gasteiger partial charge is 0.284 e. The summed E-state index contributed by atoms with van der Waals surface area (Å²) in [6, 6.07) is 0. The Kier molecular flexibility index (Phi) is 6.32. The van der Waals surface area contributed by atoms with Crippen LogP contribution < -0.4 is 5.73 Å². The molecule has 0 aromatic rings. The van der Waals surface area contributed by atoms with E-state index in [4.69, 9.17) is 21.0 Å². The maximum atomic E-state index is 10.1. The first kappa shape index (κ1) is 14.2. The molecule has 0 aromatic heterocycles. The van der Waals surface area contributed by atoms with E-state index >= 15 is 0 Å². The molecule has 0 spiro atoms. The molecule has 0 atom stereocenters. The molecule has 0 saturated heterocycles. The molecule has 0 bridgehead atoms. The number of nitriles is 1. The zero-order valence-corrected chi connectivity index (χ0v) is 9.17. The van der Waals surface area contributed by atoms with Gasteiger partial charge in [-0.15, -0.1) is 0 Å². The van der Waals surface area contributed by atoms with Crippen molar-refractivity contribution in [2.45, 2.75) is 0 Å². The van der Waals surface area contributed by atoms with Gasteiger partial charge in [-0.05, 0) is 0 Å². The maximum Gasteiger partial charge on any atom is 0.284 e. The fourth-order valence-electron chi connectivity index (χ4n) is 0.315. The quantitative estimate of drug-likeness (QED) is 0.120. The third-order valence-corrected chi connectivity index (χ3v) is 1.29. The van der Waals surface area contributed by atoms with Crippen LogP contribution in [0.15, 0.2) is 0 Å². The van der Waals surface area contributed by atoms with Crippen LogP contribution >= 0.6 is 0 Å². The number of guanidine groups is 1. The van der Waals surface area contributed by atoms with Gasteiger partial charge in [0.2, 0.25) is 5.96 Å². The molecule has 0 aliphatic rings. The minimum atomic E-state index is -4.30. The summed E-state index contributed by atoms with van der Waals surface area (Å²) >= 11 is 0. The molecule has 0 aliphatic carbocycles. The molecular formula is C3H6N4NaO3S. The zero-order chi connectivity index (χ0) is 9.07. The Hall–Kier alpha value is -0.330. The Morgan fingerprint density at radius 3 is 2.25 bits per heavy atom. The van der Waals surface area contributed by atoms with Crippen molar-refractivity contribution in [2.75, 3.05) is 5.88 Å². The predicted octanol–water partition coefficient (Wildman–Crippen LogP) is -1.87. The molecule has 0 saturated carbocycles. The topological polar surface area (TPSA) is 131 Å². The Labute approximate surface area is 91.7 Å². The van der Waals surface area contributed by atoms with Crippen LogP contribution in [-0.2, 0) is 10.1 Å². The van der Waals surface area contributed by atoms with E-state index in [9.17, 15) is 8.42 Å². The van der Waals surface area contributed by atoms with Gasteiger partial charge >= 0.3 is 0 Å². The average molecular weight is 201 g/mol. The summed E-state index contributed by atoms with van der Waals surface area (Å²) in [6.07, 6.45) is 1.30. The SMILES string of the molecule is N#CN(CS(=O)(=O)O)C(=N)N.[Na]. The summed E-state index contributed by atoms with van der Waals surface area (Å²) in [5.41, 5.74) is 4.77. The molecule has 7 nitrogen and oxygen atoms in total. The standard InChI is InChI=1S/C3H6N4O3S.Na/c4-1-7(3(5)6)2-11(8,9)10;/h2H2,(H3,5,6)(H,8,9,10);. The fourth-order valence-corrected chi connectivity index (χ4v) is 0.839. The van der Waals surface area contributed by atoms with Crippen LogP contribution in [0.2, 0.25) is 0 Å². The van der Waals surface area contributed by atoms with Crippen LogP contribution in [0.25, 0.3) is 0 Å². The monoisotopic (exact) mass is 201 g/mol. The normalized spacial score (nSPS) is 9.33. The number of nitrogens with two attached hydrogens (primary N) is 1. The van der Waals surface area contributed by atoms with Crippen LogP contribution in [0.5, 0.6) is 0 Å². The van der Waals surface area contributed by atoms with Crippen molar-refractivity contribution in [3.63, 3.8) is 0 Å². The average Bonchev–Trinajstić information content (AvgIpc) is 1.80. The number of nitrogens with one attached hydrogen (secondary N) is 1. The molecule has 0 heterocycles. The number of nitrogens with zero attached hydrogens (tertiary/aromatic N) is 2. The van der Waals surface area contributed by atoms with Gasteiger partial charge in [-0.2, -0.15) is 13.7 Å². The van der Waals surface area contributed by atoms with Gasteiger partial charge in [0.25, 0.3) is 10.1 Å². The van der Waals surface area contributed by atoms with E-state index in [2.05, 4.69) is 0 Å². The predicted molar refractivity (Wildman–Crippen MR) is 41.5 cm³/mol. The molecule has 63 valence electrons. The molecule has 0 rings (SSSR count). The van der Waals surface area contributed by atoms with E-state index in [0.717, 1.165) is 0 Å². The molecule has 9 heteroatoms. The Bertz CT molecular complexity index is 293. The molecular weight excluding hydrogens is 195 g/mol. The van der Waals surface area contributed by atoms with E-state index in [0.29, 0.717) is 4.90 Å². The second-order valence-corrected chi connectivity index (χ2v) is 3.05. The number of hydrogen-bond acceptors (Lipinski definition) is 4. The van der Waals surface area contributed by atoms with E-state index < -0.39 is 22.0 Å². The Balaban J connectivity index is 0. The Morgan fingerprint density at radius 1 is 1.75 bits per heavy atom. The van der Waals surface area contributed by atoms with Gasteiger partial charge in [0.15, 0.2) is 12.1 Å². The first-order chi connectivity index (χ1) is 4.87. The van der Waals surface area contributed by atoms with Crippen molar-refractivity contribution < 1.29 is 13.0 Å². The van der Waals surface area contributed by atoms with Gasteiger partial charge in [-0.1, -0.05) is 0 Å². The largest absolute Gasteiger partial charge is 0.369 e. The van der Waals surface area contributed by atoms with E-state index in [1.807, 2.05) is 0 Å². The minimum Gasteiger partial charge on any atom is -0.369 e. The zero-order valence-electron chi connectivity index (χ0n) is 6.35. The van der Waals surface area contributed by atoms with Crippen molar-refractivity contribution in [1.82, 2.24) is 4.90 Å². The van der Waals surface area contributed by atoms with Crippen molar-refractivity contribution in [3.05, 3.63) is 0 Å². The summed E-state index contributed by atoms with van der Waals surface area (Å²) in [6.45, 7) is 0. The van der Waals surface area contributed by atoms with Gasteiger partial charge in [-0.25, -0.2) is 4.90 Å². The van der Waals surface area contributed by atoms with Crippen LogP contribution in [0.4, 0.5) is 0 Å². The molecule has 12 heavy (non-hydrogen) atoms. The minimum absolute atomic E-state index is 0. The molecule has 0 fully saturated rings. The van der Waals surface area contributed by atoms with E-state index in [1.165, 1.54) is 6.19 Å². The second-order valence-electron chi connectivity index (χ2n) is 1.62. The van der Waals surface area contributed by atoms with Crippen LogP contribution in [-0.4, -0.2) is 59.3 Å². The molecule has 0 unspecified atom stereocenters. The molecule has 0 aliphatic heterocycles. The summed E-state index contributed by atoms with van der Waals surface area (Å²) in [4.78, 5) is 0.329. The van der Waals surface area contributed by atoms with Crippen molar-refractivity contribution in [2.24, 2.45) is 5.73 Å². The Morgan fingerprint density at radius 2 is 2.17 bits per heavy atom. The van der Waals surface area contributed by atoms with Crippen LogP contribution in [0.1, 0.15) is 0 Å². The van der Waals surface area contributed by atoms with Crippen molar-refractivity contribution in [1.29, 1.82) is 10.7 Å². The van der Waals surface area contributed by atoms with Gasteiger partial charge in [0, 0.05) is 29.6 Å². The first-order valence-corrected chi connectivity index (χ1v) is 3.94. The third kappa shape index (κ3) is 6.38. The second kappa shape index (κ2) is 5.34. The molecule has 0 amide bonds. The molecule has 4 N–H and O–H groups in total. The van der Waals surface area contributed by atoms with E-state index in [-0.39, 0.29) is 29.6 Å². The van der Waals surface area contributed by atoms with Crippen molar-refractivity contribution in [3.8, 4) is 6.19 Å². The van der Waals surface area contributed by atoms with Crippen molar-refractivity contribution >= 4 is 45.6 Å². The van der Waals surface area contributed by atoms with Gasteiger partial charge < -0.3 is 5.73 Å². The summed E-state index contributed by atoms with van der Waals surface area (Å²) < 4.78 is 28.4. The fraction of sp³-hybridized carbons (Fsp3) is 0.333. The summed E-state index contributed by atoms with van der Waals surface area (Å²) in [7, 11) is -4.30. The summed E-state index contributed by atoms with van der Waals surface area (Å²) in [5, 5.41) is 14.8.